The number of hydrogen-bond donors (Lipinski definition) is 0. The molecule has 14 atom stereocenters. The topological polar surface area (TPSA) is 0 Å². The minimum absolute atomic E-state index is 1.10. The van der Waals surface area contributed by atoms with Gasteiger partial charge in [-0.25, -0.2) is 0 Å². The average Bonchev–Trinajstić information content (AvgIpc) is 3.38. The van der Waals surface area contributed by atoms with E-state index in [-0.39, 0.29) is 0 Å². The molecular formula is C64H106. The third-order valence-corrected chi connectivity index (χ3v) is 26.0. The molecular weight excluding hydrogens is 769 g/mol. The van der Waals surface area contributed by atoms with Crippen LogP contribution in [-0.2, 0) is 0 Å². The highest BCUT2D eigenvalue weighted by molar-refractivity contribution is 5.11. The van der Waals surface area contributed by atoms with Crippen molar-refractivity contribution in [2.75, 3.05) is 0 Å². The first-order valence-corrected chi connectivity index (χ1v) is 31.8. The second-order valence-corrected chi connectivity index (χ2v) is 28.2. The van der Waals surface area contributed by atoms with Crippen molar-refractivity contribution in [2.45, 2.75) is 270 Å². The Morgan fingerprint density at radius 3 is 0.641 bits per heavy atom. The van der Waals surface area contributed by atoms with E-state index in [2.05, 4.69) is 0 Å². The Kier molecular flexibility index (Phi) is 14.6. The minimum atomic E-state index is 1.10. The fraction of sp³-hybridized carbons (Fsp3) is 1.00. The highest BCUT2D eigenvalue weighted by Crippen LogP contribution is 2.70. The Bertz CT molecular complexity index is 1280. The molecule has 0 radical (unpaired) electrons. The fourth-order valence-electron chi connectivity index (χ4n) is 24.0. The molecule has 12 aliphatic rings. The van der Waals surface area contributed by atoms with Gasteiger partial charge in [0.15, 0.2) is 0 Å². The lowest BCUT2D eigenvalue weighted by atomic mass is 9.38. The summed E-state index contributed by atoms with van der Waals surface area (Å²) in [6, 6.07) is 0. The highest BCUT2D eigenvalue weighted by atomic mass is 14.7. The molecule has 0 bridgehead atoms. The van der Waals surface area contributed by atoms with Crippen molar-refractivity contribution in [1.82, 2.24) is 0 Å². The summed E-state index contributed by atoms with van der Waals surface area (Å²) in [7, 11) is 0. The number of fused-ring (bicyclic) bond motifs is 4. The molecule has 0 aromatic heterocycles. The van der Waals surface area contributed by atoms with E-state index >= 15 is 0 Å². The van der Waals surface area contributed by atoms with Gasteiger partial charge in [-0.2, -0.15) is 0 Å². The monoisotopic (exact) mass is 875 g/mol. The van der Waals surface area contributed by atoms with Crippen LogP contribution in [0.15, 0.2) is 0 Å². The van der Waals surface area contributed by atoms with Gasteiger partial charge in [0.25, 0.3) is 0 Å². The molecule has 0 N–H and O–H groups in total. The second-order valence-electron chi connectivity index (χ2n) is 28.2. The molecule has 0 aromatic carbocycles. The van der Waals surface area contributed by atoms with Crippen molar-refractivity contribution in [3.63, 3.8) is 0 Å². The van der Waals surface area contributed by atoms with Crippen LogP contribution < -0.4 is 0 Å². The molecule has 12 fully saturated rings. The van der Waals surface area contributed by atoms with Gasteiger partial charge < -0.3 is 0 Å². The largest absolute Gasteiger partial charge is 0.0533 e. The molecule has 0 aromatic rings. The van der Waals surface area contributed by atoms with E-state index in [0.29, 0.717) is 0 Å². The first kappa shape index (κ1) is 45.2. The molecule has 12 aliphatic carbocycles. The van der Waals surface area contributed by atoms with Gasteiger partial charge in [-0.1, -0.05) is 180 Å². The molecule has 362 valence electrons. The summed E-state index contributed by atoms with van der Waals surface area (Å²) in [5.41, 5.74) is 0. The van der Waals surface area contributed by atoms with E-state index in [0.717, 1.165) is 130 Å². The maximum absolute atomic E-state index is 1.71. The lowest BCUT2D eigenvalue weighted by molar-refractivity contribution is -0.184. The molecule has 0 aliphatic heterocycles. The van der Waals surface area contributed by atoms with Gasteiger partial charge in [-0.15, -0.1) is 0 Å². The predicted molar refractivity (Wildman–Crippen MR) is 271 cm³/mol. The van der Waals surface area contributed by atoms with Gasteiger partial charge in [0.05, 0.1) is 0 Å². The Balaban J connectivity index is 0.894. The third-order valence-electron chi connectivity index (χ3n) is 26.0. The fourth-order valence-corrected chi connectivity index (χ4v) is 24.0. The van der Waals surface area contributed by atoms with E-state index in [1.807, 2.05) is 0 Å². The van der Waals surface area contributed by atoms with E-state index in [9.17, 15) is 0 Å². The van der Waals surface area contributed by atoms with Gasteiger partial charge in [0.2, 0.25) is 0 Å². The molecule has 12 saturated carbocycles. The van der Waals surface area contributed by atoms with Crippen LogP contribution >= 0.6 is 0 Å². The van der Waals surface area contributed by atoms with E-state index < -0.39 is 0 Å². The normalized spacial score (nSPS) is 49.5. The van der Waals surface area contributed by atoms with Crippen LogP contribution in [0.1, 0.15) is 270 Å². The molecule has 0 amide bonds. The van der Waals surface area contributed by atoms with Crippen molar-refractivity contribution in [2.24, 2.45) is 130 Å². The summed E-state index contributed by atoms with van der Waals surface area (Å²) in [6.45, 7) is 0. The zero-order valence-corrected chi connectivity index (χ0v) is 42.4. The Labute approximate surface area is 398 Å². The summed E-state index contributed by atoms with van der Waals surface area (Å²) >= 11 is 0. The summed E-state index contributed by atoms with van der Waals surface area (Å²) in [6.07, 6.45) is 67.8. The first-order valence-electron chi connectivity index (χ1n) is 31.8. The Morgan fingerprint density at radius 2 is 0.359 bits per heavy atom. The van der Waals surface area contributed by atoms with E-state index in [4.69, 9.17) is 0 Å². The standard InChI is InChI=1S/C64H106/c1-5-21-43(22-6-1)47-37-39-49(45-25-9-3-10-26-45)59(41-47)61-51-29-13-17-33-55(51)63(56-34-18-14-30-52(56)61)64-57-35-19-15-31-53(57)62(54-32-16-20-36-58(54)64)60-42-48(44-23-7-2-8-24-44)38-40-50(60)46-27-11-4-12-28-46/h43-64H,1-42H2. The van der Waals surface area contributed by atoms with E-state index in [1.165, 1.54) is 0 Å². The Morgan fingerprint density at radius 1 is 0.125 bits per heavy atom. The van der Waals surface area contributed by atoms with Gasteiger partial charge in [0.1, 0.15) is 0 Å². The van der Waals surface area contributed by atoms with Gasteiger partial charge >= 0.3 is 0 Å². The van der Waals surface area contributed by atoms with Crippen LogP contribution in [0.5, 0.6) is 0 Å². The van der Waals surface area contributed by atoms with Gasteiger partial charge in [-0.3, -0.25) is 0 Å². The maximum Gasteiger partial charge on any atom is -0.0318 e. The van der Waals surface area contributed by atoms with Crippen LogP contribution in [0.3, 0.4) is 0 Å². The van der Waals surface area contributed by atoms with Crippen LogP contribution in [0.4, 0.5) is 0 Å². The summed E-state index contributed by atoms with van der Waals surface area (Å²) in [4.78, 5) is 0. The summed E-state index contributed by atoms with van der Waals surface area (Å²) < 4.78 is 0. The molecule has 0 heterocycles. The van der Waals surface area contributed by atoms with Crippen molar-refractivity contribution in [3.05, 3.63) is 0 Å². The molecule has 12 rings (SSSR count). The van der Waals surface area contributed by atoms with Crippen LogP contribution in [0, 0.1) is 130 Å². The maximum atomic E-state index is 1.71. The quantitative estimate of drug-likeness (QED) is 0.239. The lowest BCUT2D eigenvalue weighted by Gasteiger charge is -2.67. The summed E-state index contributed by atoms with van der Waals surface area (Å²) in [5.74, 6) is 24.5. The molecule has 0 spiro atoms. The van der Waals surface area contributed by atoms with Gasteiger partial charge in [-0.05, 0) is 220 Å². The van der Waals surface area contributed by atoms with Crippen molar-refractivity contribution in [1.29, 1.82) is 0 Å². The Hall–Kier alpha value is 0. The third kappa shape index (κ3) is 8.79. The SMILES string of the molecule is C1CCC(C2CCC(C3CCCCC3)C(C3C4CCCCC4C(C4C5CCCCC5C(C5CC(C6CCCCC6)CCC5C5CCCCC5)C5CCCCC54)C4CCCCC43)C2)CC1. The smallest absolute Gasteiger partial charge is 0.0318 e. The van der Waals surface area contributed by atoms with Crippen LogP contribution in [0.2, 0.25) is 0 Å². The van der Waals surface area contributed by atoms with Crippen LogP contribution in [-0.4, -0.2) is 0 Å². The first-order chi connectivity index (χ1) is 31.8. The zero-order valence-electron chi connectivity index (χ0n) is 42.4. The van der Waals surface area contributed by atoms with Crippen molar-refractivity contribution >= 4 is 0 Å². The molecule has 14 unspecified atom stereocenters. The van der Waals surface area contributed by atoms with Crippen molar-refractivity contribution < 1.29 is 0 Å². The molecule has 0 nitrogen and oxygen atoms in total. The highest BCUT2D eigenvalue weighted by Gasteiger charge is 2.63. The lowest BCUT2D eigenvalue weighted by Crippen LogP contribution is -2.61. The molecule has 0 saturated heterocycles. The second kappa shape index (κ2) is 20.8. The minimum Gasteiger partial charge on any atom is -0.0533 e. The number of rotatable bonds is 7. The van der Waals surface area contributed by atoms with Crippen LogP contribution in [0.25, 0.3) is 0 Å². The van der Waals surface area contributed by atoms with E-state index in [1.54, 1.807) is 270 Å². The number of hydrogen-bond acceptors (Lipinski definition) is 0. The average molecular weight is 876 g/mol. The van der Waals surface area contributed by atoms with Gasteiger partial charge in [0, 0.05) is 0 Å². The molecule has 0 heteroatoms. The predicted octanol–water partition coefficient (Wildman–Crippen LogP) is 19.1. The zero-order chi connectivity index (χ0) is 42.4. The van der Waals surface area contributed by atoms with Crippen molar-refractivity contribution in [3.8, 4) is 0 Å². The summed E-state index contributed by atoms with van der Waals surface area (Å²) in [5, 5.41) is 0. The molecule has 64 heavy (non-hydrogen) atoms.